The van der Waals surface area contributed by atoms with Gasteiger partial charge in [0.1, 0.15) is 10.7 Å². The lowest BCUT2D eigenvalue weighted by molar-refractivity contribution is 0.307. The molecule has 0 spiro atoms. The second-order valence-corrected chi connectivity index (χ2v) is 7.39. The van der Waals surface area contributed by atoms with Crippen LogP contribution in [-0.4, -0.2) is 26.0 Å². The predicted octanol–water partition coefficient (Wildman–Crippen LogP) is 2.18. The Morgan fingerprint density at radius 2 is 2.05 bits per heavy atom. The number of sulfonamides is 1. The molecule has 0 bridgehead atoms. The van der Waals surface area contributed by atoms with Crippen molar-refractivity contribution in [3.63, 3.8) is 0 Å². The highest BCUT2D eigenvalue weighted by molar-refractivity contribution is 7.89. The van der Waals surface area contributed by atoms with Crippen molar-refractivity contribution in [2.45, 2.75) is 18.7 Å². The van der Waals surface area contributed by atoms with Gasteiger partial charge < -0.3 is 10.9 Å². The average molecular weight is 358 g/mol. The zero-order valence-corrected chi connectivity index (χ0v) is 13.5. The van der Waals surface area contributed by atoms with E-state index in [1.807, 2.05) is 0 Å². The third kappa shape index (κ3) is 3.97. The van der Waals surface area contributed by atoms with Gasteiger partial charge in [-0.3, -0.25) is 0 Å². The first-order chi connectivity index (χ1) is 9.53. The van der Waals surface area contributed by atoms with Gasteiger partial charge in [-0.2, -0.15) is 0 Å². The number of halogens is 3. The van der Waals surface area contributed by atoms with E-state index >= 15 is 0 Å². The fraction of sp³-hybridized carbons (Fsp3) is 0.364. The van der Waals surface area contributed by atoms with Crippen LogP contribution >= 0.6 is 23.2 Å². The molecule has 0 aromatic heterocycles. The summed E-state index contributed by atoms with van der Waals surface area (Å²) >= 11 is 11.2. The summed E-state index contributed by atoms with van der Waals surface area (Å²) in [5.41, 5.74) is 4.51. The third-order valence-electron chi connectivity index (χ3n) is 2.79. The lowest BCUT2D eigenvalue weighted by Crippen LogP contribution is -2.42. The molecule has 0 aliphatic carbocycles. The molecule has 0 radical (unpaired) electrons. The Morgan fingerprint density at radius 3 is 2.57 bits per heavy atom. The number of hydrogen-bond donors (Lipinski definition) is 3. The van der Waals surface area contributed by atoms with Crippen LogP contribution in [0.1, 0.15) is 13.8 Å². The fourth-order valence-electron chi connectivity index (χ4n) is 1.29. The predicted molar refractivity (Wildman–Crippen MR) is 78.8 cm³/mol. The van der Waals surface area contributed by atoms with Gasteiger partial charge in [0.25, 0.3) is 0 Å². The molecule has 1 aromatic rings. The molecular formula is C11H14Cl2FN3O3S. The zero-order valence-electron chi connectivity index (χ0n) is 11.2. The molecular weight excluding hydrogens is 344 g/mol. The maximum Gasteiger partial charge on any atom is 0.242 e. The first kappa shape index (κ1) is 18.0. The molecule has 10 heteroatoms. The van der Waals surface area contributed by atoms with E-state index in [9.17, 15) is 12.8 Å². The average Bonchev–Trinajstić information content (AvgIpc) is 2.41. The number of nitrogens with one attached hydrogen (secondary N) is 1. The van der Waals surface area contributed by atoms with Gasteiger partial charge in [0.2, 0.25) is 10.0 Å². The summed E-state index contributed by atoms with van der Waals surface area (Å²) in [5, 5.41) is 10.6. The van der Waals surface area contributed by atoms with E-state index in [0.29, 0.717) is 0 Å². The smallest absolute Gasteiger partial charge is 0.242 e. The van der Waals surface area contributed by atoms with Crippen LogP contribution in [0.5, 0.6) is 0 Å². The SMILES string of the molecule is CC(C)(CNS(=O)(=O)c1ccc(Cl)c(F)c1Cl)/C(N)=N/O. The third-order valence-corrected chi connectivity index (χ3v) is 5.01. The lowest BCUT2D eigenvalue weighted by Gasteiger charge is -2.23. The minimum atomic E-state index is -4.08. The van der Waals surface area contributed by atoms with E-state index in [2.05, 4.69) is 9.88 Å². The molecule has 0 unspecified atom stereocenters. The molecule has 6 nitrogen and oxygen atoms in total. The maximum atomic E-state index is 13.6. The van der Waals surface area contributed by atoms with Gasteiger partial charge in [-0.1, -0.05) is 42.2 Å². The summed E-state index contributed by atoms with van der Waals surface area (Å²) in [6.45, 7) is 2.95. The Bertz CT molecular complexity index is 678. The fourth-order valence-corrected chi connectivity index (χ4v) is 3.25. The standard InChI is InChI=1S/C11H14Cl2FN3O3S/c1-11(2,10(15)17-18)5-16-21(19,20)7-4-3-6(12)9(14)8(7)13/h3-4,16,18H,5H2,1-2H3,(H2,15,17). The number of amidine groups is 1. The van der Waals surface area contributed by atoms with Crippen molar-refractivity contribution in [1.29, 1.82) is 0 Å². The first-order valence-corrected chi connectivity index (χ1v) is 7.88. The van der Waals surface area contributed by atoms with E-state index in [1.165, 1.54) is 0 Å². The van der Waals surface area contributed by atoms with Crippen LogP contribution in [0.4, 0.5) is 4.39 Å². The van der Waals surface area contributed by atoms with Gasteiger partial charge in [0.05, 0.1) is 10.0 Å². The molecule has 1 aromatic carbocycles. The van der Waals surface area contributed by atoms with Gasteiger partial charge in [-0.15, -0.1) is 0 Å². The normalized spacial score (nSPS) is 13.5. The van der Waals surface area contributed by atoms with Crippen molar-refractivity contribution in [1.82, 2.24) is 4.72 Å². The van der Waals surface area contributed by atoms with E-state index in [1.54, 1.807) is 13.8 Å². The minimum absolute atomic E-state index is 0.154. The molecule has 118 valence electrons. The number of nitrogens with two attached hydrogens (primary N) is 1. The van der Waals surface area contributed by atoms with Crippen molar-refractivity contribution >= 4 is 39.1 Å². The van der Waals surface area contributed by atoms with E-state index in [4.69, 9.17) is 34.1 Å². The quantitative estimate of drug-likeness (QED) is 0.247. The Balaban J connectivity index is 3.07. The Hall–Kier alpha value is -1.09. The molecule has 0 aliphatic heterocycles. The Labute approximate surface area is 131 Å². The summed E-state index contributed by atoms with van der Waals surface area (Å²) in [6.07, 6.45) is 0. The number of oxime groups is 1. The molecule has 1 rings (SSSR count). The minimum Gasteiger partial charge on any atom is -0.409 e. The summed E-state index contributed by atoms with van der Waals surface area (Å²) in [4.78, 5) is -0.443. The van der Waals surface area contributed by atoms with Crippen LogP contribution in [0.3, 0.4) is 0 Å². The highest BCUT2D eigenvalue weighted by atomic mass is 35.5. The first-order valence-electron chi connectivity index (χ1n) is 5.64. The molecule has 0 saturated carbocycles. The summed E-state index contributed by atoms with van der Waals surface area (Å²) in [6, 6.07) is 2.18. The van der Waals surface area contributed by atoms with E-state index in [-0.39, 0.29) is 17.4 Å². The lowest BCUT2D eigenvalue weighted by atomic mass is 9.93. The Kier molecular flexibility index (Phi) is 5.43. The van der Waals surface area contributed by atoms with Crippen molar-refractivity contribution in [2.75, 3.05) is 6.54 Å². The number of rotatable bonds is 5. The van der Waals surface area contributed by atoms with Crippen LogP contribution in [-0.2, 0) is 10.0 Å². The van der Waals surface area contributed by atoms with Crippen LogP contribution in [0, 0.1) is 11.2 Å². The molecule has 0 aliphatic rings. The molecule has 0 saturated heterocycles. The topological polar surface area (TPSA) is 105 Å². The zero-order chi connectivity index (χ0) is 16.4. The molecule has 0 amide bonds. The molecule has 0 atom stereocenters. The van der Waals surface area contributed by atoms with Crippen molar-refractivity contribution in [3.8, 4) is 0 Å². The highest BCUT2D eigenvalue weighted by Gasteiger charge is 2.28. The second kappa shape index (κ2) is 6.35. The summed E-state index contributed by atoms with van der Waals surface area (Å²) in [7, 11) is -4.08. The van der Waals surface area contributed by atoms with E-state index < -0.39 is 31.2 Å². The summed E-state index contributed by atoms with van der Waals surface area (Å²) in [5.74, 6) is -1.17. The molecule has 0 heterocycles. The van der Waals surface area contributed by atoms with Gasteiger partial charge >= 0.3 is 0 Å². The number of nitrogens with zero attached hydrogens (tertiary/aromatic N) is 1. The van der Waals surface area contributed by atoms with Gasteiger partial charge in [0, 0.05) is 12.0 Å². The Morgan fingerprint density at radius 1 is 1.48 bits per heavy atom. The molecule has 0 fully saturated rings. The monoisotopic (exact) mass is 357 g/mol. The van der Waals surface area contributed by atoms with E-state index in [0.717, 1.165) is 12.1 Å². The van der Waals surface area contributed by atoms with Crippen LogP contribution < -0.4 is 10.5 Å². The maximum absolute atomic E-state index is 13.6. The van der Waals surface area contributed by atoms with Crippen LogP contribution in [0.2, 0.25) is 10.0 Å². The number of benzene rings is 1. The highest BCUT2D eigenvalue weighted by Crippen LogP contribution is 2.29. The van der Waals surface area contributed by atoms with Gasteiger partial charge in [-0.25, -0.2) is 17.5 Å². The second-order valence-electron chi connectivity index (χ2n) is 4.87. The molecule has 21 heavy (non-hydrogen) atoms. The molecule has 4 N–H and O–H groups in total. The van der Waals surface area contributed by atoms with Crippen molar-refractivity contribution in [2.24, 2.45) is 16.3 Å². The van der Waals surface area contributed by atoms with Crippen LogP contribution in [0.25, 0.3) is 0 Å². The van der Waals surface area contributed by atoms with Gasteiger partial charge in [-0.05, 0) is 12.1 Å². The summed E-state index contributed by atoms with van der Waals surface area (Å²) < 4.78 is 40.0. The largest absolute Gasteiger partial charge is 0.409 e. The van der Waals surface area contributed by atoms with Gasteiger partial charge in [0.15, 0.2) is 5.82 Å². The van der Waals surface area contributed by atoms with Crippen molar-refractivity contribution < 1.29 is 18.0 Å². The van der Waals surface area contributed by atoms with Crippen molar-refractivity contribution in [3.05, 3.63) is 28.0 Å². The number of hydrogen-bond acceptors (Lipinski definition) is 4. The van der Waals surface area contributed by atoms with Crippen LogP contribution in [0.15, 0.2) is 22.2 Å².